The molecule has 2 aromatic rings. The van der Waals surface area contributed by atoms with Gasteiger partial charge in [0.25, 0.3) is 0 Å². The van der Waals surface area contributed by atoms with E-state index >= 15 is 0 Å². The molecule has 20 heavy (non-hydrogen) atoms. The Morgan fingerprint density at radius 1 is 1.25 bits per heavy atom. The molecular formula is C17H21N3. The third kappa shape index (κ3) is 2.18. The number of nitrogens with two attached hydrogens (primary N) is 1. The SMILES string of the molecule is CCNC(c1cnccc1N)C1(c2ccccc2)CC1. The minimum absolute atomic E-state index is 0.175. The summed E-state index contributed by atoms with van der Waals surface area (Å²) < 4.78 is 0. The molecule has 3 N–H and O–H groups in total. The van der Waals surface area contributed by atoms with Crippen molar-refractivity contribution in [3.05, 3.63) is 59.9 Å². The minimum Gasteiger partial charge on any atom is -0.398 e. The van der Waals surface area contributed by atoms with Crippen LogP contribution < -0.4 is 11.1 Å². The van der Waals surface area contributed by atoms with Crippen molar-refractivity contribution in [2.75, 3.05) is 12.3 Å². The van der Waals surface area contributed by atoms with Crippen molar-refractivity contribution in [2.45, 2.75) is 31.2 Å². The molecule has 1 unspecified atom stereocenters. The van der Waals surface area contributed by atoms with Crippen molar-refractivity contribution >= 4 is 5.69 Å². The fraction of sp³-hybridized carbons (Fsp3) is 0.353. The normalized spacial score (nSPS) is 17.6. The molecule has 3 heteroatoms. The first kappa shape index (κ1) is 13.1. The first-order chi connectivity index (χ1) is 9.78. The van der Waals surface area contributed by atoms with Crippen LogP contribution in [0.25, 0.3) is 0 Å². The van der Waals surface area contributed by atoms with Crippen LogP contribution in [0.1, 0.15) is 36.9 Å². The zero-order valence-electron chi connectivity index (χ0n) is 11.8. The highest BCUT2D eigenvalue weighted by Gasteiger charge is 2.51. The van der Waals surface area contributed by atoms with E-state index in [-0.39, 0.29) is 11.5 Å². The second-order valence-electron chi connectivity index (χ2n) is 5.52. The van der Waals surface area contributed by atoms with Gasteiger partial charge in [0, 0.05) is 35.1 Å². The number of benzene rings is 1. The highest BCUT2D eigenvalue weighted by molar-refractivity contribution is 5.50. The average molecular weight is 267 g/mol. The van der Waals surface area contributed by atoms with Crippen LogP contribution in [0.4, 0.5) is 5.69 Å². The Hall–Kier alpha value is -1.87. The molecule has 3 rings (SSSR count). The van der Waals surface area contributed by atoms with Crippen molar-refractivity contribution in [3.63, 3.8) is 0 Å². The van der Waals surface area contributed by atoms with Gasteiger partial charge in [0.2, 0.25) is 0 Å². The van der Waals surface area contributed by atoms with Crippen LogP contribution in [0.3, 0.4) is 0 Å². The number of anilines is 1. The number of rotatable bonds is 5. The van der Waals surface area contributed by atoms with Gasteiger partial charge in [-0.25, -0.2) is 0 Å². The molecule has 1 atom stereocenters. The second kappa shape index (κ2) is 5.25. The molecule has 3 nitrogen and oxygen atoms in total. The summed E-state index contributed by atoms with van der Waals surface area (Å²) in [6.45, 7) is 3.06. The van der Waals surface area contributed by atoms with Crippen molar-refractivity contribution in [1.29, 1.82) is 0 Å². The average Bonchev–Trinajstić information content (AvgIpc) is 3.28. The Balaban J connectivity index is 2.02. The van der Waals surface area contributed by atoms with Gasteiger partial charge < -0.3 is 11.1 Å². The van der Waals surface area contributed by atoms with E-state index in [1.807, 2.05) is 12.3 Å². The third-order valence-electron chi connectivity index (χ3n) is 4.30. The molecule has 1 aromatic carbocycles. The van der Waals surface area contributed by atoms with Gasteiger partial charge in [0.1, 0.15) is 0 Å². The van der Waals surface area contributed by atoms with E-state index in [9.17, 15) is 0 Å². The molecule has 1 aliphatic carbocycles. The van der Waals surface area contributed by atoms with E-state index in [1.54, 1.807) is 6.20 Å². The number of nitrogens with zero attached hydrogens (tertiary/aromatic N) is 1. The van der Waals surface area contributed by atoms with Crippen LogP contribution in [-0.4, -0.2) is 11.5 Å². The van der Waals surface area contributed by atoms with Crippen LogP contribution in [0.15, 0.2) is 48.8 Å². The lowest BCUT2D eigenvalue weighted by atomic mass is 9.84. The predicted octanol–water partition coefficient (Wildman–Crippen LogP) is 3.05. The summed E-state index contributed by atoms with van der Waals surface area (Å²) in [5.41, 5.74) is 9.69. The predicted molar refractivity (Wildman–Crippen MR) is 82.4 cm³/mol. The summed E-state index contributed by atoms with van der Waals surface area (Å²) >= 11 is 0. The van der Waals surface area contributed by atoms with E-state index in [0.29, 0.717) is 0 Å². The molecule has 1 aromatic heterocycles. The van der Waals surface area contributed by atoms with E-state index in [0.717, 1.165) is 17.8 Å². The fourth-order valence-corrected chi connectivity index (χ4v) is 3.11. The topological polar surface area (TPSA) is 50.9 Å². The Bertz CT molecular complexity index is 576. The number of likely N-dealkylation sites (N-methyl/N-ethyl adjacent to an activating group) is 1. The Kier molecular flexibility index (Phi) is 3.45. The van der Waals surface area contributed by atoms with Gasteiger partial charge in [0.05, 0.1) is 0 Å². The molecular weight excluding hydrogens is 246 g/mol. The van der Waals surface area contributed by atoms with E-state index in [4.69, 9.17) is 5.73 Å². The van der Waals surface area contributed by atoms with E-state index in [2.05, 4.69) is 47.6 Å². The van der Waals surface area contributed by atoms with Gasteiger partial charge in [-0.2, -0.15) is 0 Å². The fourth-order valence-electron chi connectivity index (χ4n) is 3.11. The summed E-state index contributed by atoms with van der Waals surface area (Å²) in [5.74, 6) is 0. The molecule has 0 radical (unpaired) electrons. The third-order valence-corrected chi connectivity index (χ3v) is 4.30. The smallest absolute Gasteiger partial charge is 0.0454 e. The van der Waals surface area contributed by atoms with Crippen LogP contribution in [0.2, 0.25) is 0 Å². The molecule has 0 amide bonds. The number of hydrogen-bond acceptors (Lipinski definition) is 3. The van der Waals surface area contributed by atoms with Crippen molar-refractivity contribution in [2.24, 2.45) is 0 Å². The summed E-state index contributed by atoms with van der Waals surface area (Å²) in [5, 5.41) is 3.62. The van der Waals surface area contributed by atoms with Crippen molar-refractivity contribution < 1.29 is 0 Å². The zero-order chi connectivity index (χ0) is 14.0. The second-order valence-corrected chi connectivity index (χ2v) is 5.52. The number of hydrogen-bond donors (Lipinski definition) is 2. The maximum Gasteiger partial charge on any atom is 0.0454 e. The first-order valence-corrected chi connectivity index (χ1v) is 7.26. The number of aromatic nitrogens is 1. The van der Waals surface area contributed by atoms with Gasteiger partial charge in [-0.3, -0.25) is 4.98 Å². The highest BCUT2D eigenvalue weighted by Crippen LogP contribution is 2.57. The van der Waals surface area contributed by atoms with Crippen LogP contribution in [0, 0.1) is 0 Å². The molecule has 0 saturated heterocycles. The standard InChI is InChI=1S/C17H21N3/c1-2-20-16(14-12-19-11-8-15(14)18)17(9-10-17)13-6-4-3-5-7-13/h3-8,11-12,16,20H,2,9-10H2,1H3,(H2,18,19). The molecule has 0 aliphatic heterocycles. The van der Waals surface area contributed by atoms with Gasteiger partial charge in [-0.05, 0) is 31.0 Å². The van der Waals surface area contributed by atoms with Gasteiger partial charge in [-0.15, -0.1) is 0 Å². The summed E-state index contributed by atoms with van der Waals surface area (Å²) in [6, 6.07) is 12.9. The Morgan fingerprint density at radius 2 is 2.00 bits per heavy atom. The Morgan fingerprint density at radius 3 is 2.60 bits per heavy atom. The van der Waals surface area contributed by atoms with Crippen LogP contribution in [0.5, 0.6) is 0 Å². The van der Waals surface area contributed by atoms with Crippen LogP contribution >= 0.6 is 0 Å². The highest BCUT2D eigenvalue weighted by atomic mass is 15.0. The van der Waals surface area contributed by atoms with Crippen molar-refractivity contribution in [3.8, 4) is 0 Å². The summed E-state index contributed by atoms with van der Waals surface area (Å²) in [6.07, 6.45) is 6.06. The Labute approximate surface area is 120 Å². The minimum atomic E-state index is 0.175. The number of nitrogens with one attached hydrogen (secondary N) is 1. The lowest BCUT2D eigenvalue weighted by Crippen LogP contribution is -2.32. The lowest BCUT2D eigenvalue weighted by Gasteiger charge is -2.29. The summed E-state index contributed by atoms with van der Waals surface area (Å²) in [4.78, 5) is 4.26. The van der Waals surface area contributed by atoms with Crippen LogP contribution in [-0.2, 0) is 5.41 Å². The monoisotopic (exact) mass is 267 g/mol. The van der Waals surface area contributed by atoms with E-state index in [1.165, 1.54) is 18.4 Å². The molecule has 1 heterocycles. The number of nitrogen functional groups attached to an aromatic ring is 1. The quantitative estimate of drug-likeness (QED) is 0.875. The molecule has 0 bridgehead atoms. The summed E-state index contributed by atoms with van der Waals surface area (Å²) in [7, 11) is 0. The molecule has 104 valence electrons. The van der Waals surface area contributed by atoms with E-state index < -0.39 is 0 Å². The van der Waals surface area contributed by atoms with Gasteiger partial charge >= 0.3 is 0 Å². The largest absolute Gasteiger partial charge is 0.398 e. The number of pyridine rings is 1. The molecule has 1 fully saturated rings. The zero-order valence-corrected chi connectivity index (χ0v) is 11.8. The first-order valence-electron chi connectivity index (χ1n) is 7.26. The maximum absolute atomic E-state index is 6.17. The molecule has 1 aliphatic rings. The van der Waals surface area contributed by atoms with Gasteiger partial charge in [0.15, 0.2) is 0 Å². The lowest BCUT2D eigenvalue weighted by molar-refractivity contribution is 0.439. The van der Waals surface area contributed by atoms with Gasteiger partial charge in [-0.1, -0.05) is 37.3 Å². The van der Waals surface area contributed by atoms with Crippen molar-refractivity contribution in [1.82, 2.24) is 10.3 Å². The maximum atomic E-state index is 6.17. The molecule has 0 spiro atoms. The molecule has 1 saturated carbocycles.